The van der Waals surface area contributed by atoms with Gasteiger partial charge in [0.25, 0.3) is 0 Å². The molecule has 0 bridgehead atoms. The molecule has 0 aromatic heterocycles. The second-order valence-electron chi connectivity index (χ2n) is 5.22. The van der Waals surface area contributed by atoms with Gasteiger partial charge in [0.1, 0.15) is 0 Å². The largest absolute Gasteiger partial charge is 0.316 e. The summed E-state index contributed by atoms with van der Waals surface area (Å²) < 4.78 is 0. The fourth-order valence-electron chi connectivity index (χ4n) is 2.53. The van der Waals surface area contributed by atoms with Crippen LogP contribution in [0.5, 0.6) is 0 Å². The Labute approximate surface area is 82.3 Å². The Kier molecular flexibility index (Phi) is 3.26. The molecule has 0 aliphatic heterocycles. The summed E-state index contributed by atoms with van der Waals surface area (Å²) in [5, 5.41) is 3.62. The van der Waals surface area contributed by atoms with Gasteiger partial charge in [0.05, 0.1) is 0 Å². The third kappa shape index (κ3) is 3.30. The van der Waals surface area contributed by atoms with Crippen LogP contribution in [0.2, 0.25) is 0 Å². The maximum absolute atomic E-state index is 3.62. The van der Waals surface area contributed by atoms with Gasteiger partial charge in [-0.2, -0.15) is 0 Å². The summed E-state index contributed by atoms with van der Waals surface area (Å²) in [5.41, 5.74) is 0. The minimum absolute atomic E-state index is 0.995. The van der Waals surface area contributed by atoms with E-state index in [4.69, 9.17) is 0 Å². The Hall–Kier alpha value is -0.0400. The molecule has 1 nitrogen and oxygen atoms in total. The van der Waals surface area contributed by atoms with Gasteiger partial charge in [-0.15, -0.1) is 0 Å². The summed E-state index contributed by atoms with van der Waals surface area (Å²) >= 11 is 0. The summed E-state index contributed by atoms with van der Waals surface area (Å²) in [6.45, 7) is 4.96. The first kappa shape index (κ1) is 9.51. The maximum atomic E-state index is 3.62. The molecule has 2 atom stereocenters. The van der Waals surface area contributed by atoms with Crippen molar-refractivity contribution in [2.24, 2.45) is 17.8 Å². The van der Waals surface area contributed by atoms with Crippen LogP contribution in [0.25, 0.3) is 0 Å². The van der Waals surface area contributed by atoms with Crippen molar-refractivity contribution in [3.63, 3.8) is 0 Å². The lowest BCUT2D eigenvalue weighted by atomic mass is 10.1. The van der Waals surface area contributed by atoms with Gasteiger partial charge >= 0.3 is 0 Å². The standard InChI is InChI=1S/C12H23N/c1-10-2-3-12(8-10)9-13-7-6-11-4-5-11/h10-13H,2-9H2,1H3. The highest BCUT2D eigenvalue weighted by molar-refractivity contribution is 4.76. The Morgan fingerprint density at radius 1 is 1.08 bits per heavy atom. The van der Waals surface area contributed by atoms with E-state index in [0.717, 1.165) is 17.8 Å². The molecule has 0 saturated heterocycles. The van der Waals surface area contributed by atoms with E-state index < -0.39 is 0 Å². The Bertz CT molecular complexity index is 151. The van der Waals surface area contributed by atoms with E-state index in [0.29, 0.717) is 0 Å². The highest BCUT2D eigenvalue weighted by Crippen LogP contribution is 2.32. The molecule has 1 N–H and O–H groups in total. The van der Waals surface area contributed by atoms with E-state index in [-0.39, 0.29) is 0 Å². The summed E-state index contributed by atoms with van der Waals surface area (Å²) in [4.78, 5) is 0. The fourth-order valence-corrected chi connectivity index (χ4v) is 2.53. The molecule has 2 unspecified atom stereocenters. The lowest BCUT2D eigenvalue weighted by Crippen LogP contribution is -2.22. The van der Waals surface area contributed by atoms with Crippen LogP contribution in [0.4, 0.5) is 0 Å². The van der Waals surface area contributed by atoms with E-state index in [1.165, 1.54) is 51.6 Å². The Morgan fingerprint density at radius 2 is 1.85 bits per heavy atom. The number of rotatable bonds is 5. The molecule has 2 saturated carbocycles. The molecular formula is C12H23N. The molecule has 0 radical (unpaired) electrons. The first-order valence-electron chi connectivity index (χ1n) is 6.05. The van der Waals surface area contributed by atoms with Gasteiger partial charge in [-0.05, 0) is 50.1 Å². The molecule has 0 heterocycles. The lowest BCUT2D eigenvalue weighted by Gasteiger charge is -2.10. The van der Waals surface area contributed by atoms with E-state index in [1.54, 1.807) is 0 Å². The van der Waals surface area contributed by atoms with E-state index in [2.05, 4.69) is 12.2 Å². The zero-order valence-electron chi connectivity index (χ0n) is 8.89. The van der Waals surface area contributed by atoms with Crippen molar-refractivity contribution in [3.8, 4) is 0 Å². The van der Waals surface area contributed by atoms with Crippen molar-refractivity contribution in [1.29, 1.82) is 0 Å². The fraction of sp³-hybridized carbons (Fsp3) is 1.00. The quantitative estimate of drug-likeness (QED) is 0.643. The van der Waals surface area contributed by atoms with Gasteiger partial charge in [-0.3, -0.25) is 0 Å². The number of nitrogens with one attached hydrogen (secondary N) is 1. The SMILES string of the molecule is CC1CCC(CNCCC2CC2)C1. The first-order valence-corrected chi connectivity index (χ1v) is 6.05. The van der Waals surface area contributed by atoms with Gasteiger partial charge in [0.2, 0.25) is 0 Å². The smallest absolute Gasteiger partial charge is 0.00204 e. The monoisotopic (exact) mass is 181 g/mol. The molecule has 0 aromatic carbocycles. The zero-order chi connectivity index (χ0) is 9.10. The molecule has 0 spiro atoms. The number of hydrogen-bond acceptors (Lipinski definition) is 1. The zero-order valence-corrected chi connectivity index (χ0v) is 8.89. The molecule has 2 aliphatic carbocycles. The van der Waals surface area contributed by atoms with Crippen LogP contribution >= 0.6 is 0 Å². The molecule has 1 heteroatoms. The van der Waals surface area contributed by atoms with Gasteiger partial charge < -0.3 is 5.32 Å². The van der Waals surface area contributed by atoms with Crippen LogP contribution in [0.15, 0.2) is 0 Å². The molecule has 0 aromatic rings. The van der Waals surface area contributed by atoms with Gasteiger partial charge in [0, 0.05) is 0 Å². The van der Waals surface area contributed by atoms with Gasteiger partial charge in [0.15, 0.2) is 0 Å². The molecule has 13 heavy (non-hydrogen) atoms. The van der Waals surface area contributed by atoms with Crippen molar-refractivity contribution in [2.75, 3.05) is 13.1 Å². The van der Waals surface area contributed by atoms with Crippen LogP contribution in [0.3, 0.4) is 0 Å². The van der Waals surface area contributed by atoms with Crippen molar-refractivity contribution in [1.82, 2.24) is 5.32 Å². The predicted molar refractivity (Wildman–Crippen MR) is 56.7 cm³/mol. The molecular weight excluding hydrogens is 158 g/mol. The third-order valence-corrected chi connectivity index (χ3v) is 3.66. The Balaban J connectivity index is 1.47. The number of hydrogen-bond donors (Lipinski definition) is 1. The minimum Gasteiger partial charge on any atom is -0.316 e. The highest BCUT2D eigenvalue weighted by Gasteiger charge is 2.22. The van der Waals surface area contributed by atoms with E-state index in [9.17, 15) is 0 Å². The average molecular weight is 181 g/mol. The summed E-state index contributed by atoms with van der Waals surface area (Å²) in [6.07, 6.45) is 8.84. The van der Waals surface area contributed by atoms with Crippen LogP contribution in [0.1, 0.15) is 45.4 Å². The lowest BCUT2D eigenvalue weighted by molar-refractivity contribution is 0.463. The van der Waals surface area contributed by atoms with E-state index in [1.807, 2.05) is 0 Å². The minimum atomic E-state index is 0.995. The average Bonchev–Trinajstić information content (AvgIpc) is 2.84. The van der Waals surface area contributed by atoms with Crippen LogP contribution in [-0.4, -0.2) is 13.1 Å². The predicted octanol–water partition coefficient (Wildman–Crippen LogP) is 2.81. The van der Waals surface area contributed by atoms with Crippen LogP contribution in [0, 0.1) is 17.8 Å². The van der Waals surface area contributed by atoms with Crippen LogP contribution < -0.4 is 5.32 Å². The second-order valence-corrected chi connectivity index (χ2v) is 5.22. The van der Waals surface area contributed by atoms with Gasteiger partial charge in [-0.1, -0.05) is 26.2 Å². The van der Waals surface area contributed by atoms with Crippen molar-refractivity contribution in [3.05, 3.63) is 0 Å². The van der Waals surface area contributed by atoms with Gasteiger partial charge in [-0.25, -0.2) is 0 Å². The summed E-state index contributed by atoms with van der Waals surface area (Å²) in [6, 6.07) is 0. The normalized spacial score (nSPS) is 33.9. The molecule has 2 fully saturated rings. The molecule has 76 valence electrons. The van der Waals surface area contributed by atoms with Crippen molar-refractivity contribution in [2.45, 2.75) is 45.4 Å². The molecule has 0 amide bonds. The second kappa shape index (κ2) is 4.45. The van der Waals surface area contributed by atoms with Crippen molar-refractivity contribution >= 4 is 0 Å². The third-order valence-electron chi connectivity index (χ3n) is 3.66. The Morgan fingerprint density at radius 3 is 2.46 bits per heavy atom. The van der Waals surface area contributed by atoms with Crippen molar-refractivity contribution < 1.29 is 0 Å². The topological polar surface area (TPSA) is 12.0 Å². The highest BCUT2D eigenvalue weighted by atomic mass is 14.9. The molecule has 2 aliphatic rings. The summed E-state index contributed by atoms with van der Waals surface area (Å²) in [5.74, 6) is 3.08. The summed E-state index contributed by atoms with van der Waals surface area (Å²) in [7, 11) is 0. The first-order chi connectivity index (χ1) is 6.34. The van der Waals surface area contributed by atoms with E-state index >= 15 is 0 Å². The van der Waals surface area contributed by atoms with Crippen LogP contribution in [-0.2, 0) is 0 Å². The maximum Gasteiger partial charge on any atom is -0.00204 e. The molecule has 2 rings (SSSR count).